The number of nitrogens with zero attached hydrogens (tertiary/aromatic N) is 3. The summed E-state index contributed by atoms with van der Waals surface area (Å²) < 4.78 is 34.8. The van der Waals surface area contributed by atoms with Crippen LogP contribution in [0.2, 0.25) is 0 Å². The number of hydrogen-bond acceptors (Lipinski definition) is 5. The third kappa shape index (κ3) is 4.15. The van der Waals surface area contributed by atoms with Crippen LogP contribution in [0.3, 0.4) is 0 Å². The van der Waals surface area contributed by atoms with Gasteiger partial charge >= 0.3 is 0 Å². The molecule has 0 aliphatic heterocycles. The van der Waals surface area contributed by atoms with Crippen LogP contribution >= 0.6 is 0 Å². The Hall–Kier alpha value is -3.65. The summed E-state index contributed by atoms with van der Waals surface area (Å²) in [6.07, 6.45) is 1.66. The predicted molar refractivity (Wildman–Crippen MR) is 119 cm³/mol. The molecule has 2 aromatic carbocycles. The van der Waals surface area contributed by atoms with Crippen LogP contribution in [-0.2, 0) is 16.6 Å². The van der Waals surface area contributed by atoms with E-state index >= 15 is 0 Å². The third-order valence-corrected chi connectivity index (χ3v) is 6.66. The van der Waals surface area contributed by atoms with Crippen molar-refractivity contribution in [3.8, 4) is 5.75 Å². The average Bonchev–Trinajstić information content (AvgIpc) is 2.78. The van der Waals surface area contributed by atoms with Gasteiger partial charge in [-0.1, -0.05) is 18.2 Å². The van der Waals surface area contributed by atoms with Gasteiger partial charge < -0.3 is 4.74 Å². The monoisotopic (exact) mass is 435 g/mol. The summed E-state index contributed by atoms with van der Waals surface area (Å²) in [5.41, 5.74) is 1.94. The van der Waals surface area contributed by atoms with Crippen LogP contribution in [0, 0.1) is 6.92 Å². The smallest absolute Gasteiger partial charge is 0.264 e. The number of sulfonamides is 1. The van der Waals surface area contributed by atoms with Gasteiger partial charge in [-0.05, 0) is 61.0 Å². The quantitative estimate of drug-likeness (QED) is 0.464. The maximum atomic E-state index is 13.5. The Morgan fingerprint density at radius 2 is 1.71 bits per heavy atom. The molecule has 0 radical (unpaired) electrons. The molecule has 0 atom stereocenters. The van der Waals surface area contributed by atoms with Gasteiger partial charge in [-0.15, -0.1) is 0 Å². The van der Waals surface area contributed by atoms with Gasteiger partial charge in [0, 0.05) is 12.3 Å². The van der Waals surface area contributed by atoms with Crippen molar-refractivity contribution in [2.45, 2.75) is 18.4 Å². The summed E-state index contributed by atoms with van der Waals surface area (Å²) in [5.74, 6) is 0.610. The van der Waals surface area contributed by atoms with Crippen LogP contribution in [0.5, 0.6) is 5.75 Å². The Morgan fingerprint density at radius 3 is 2.39 bits per heavy atom. The molecule has 0 spiro atoms. The molecule has 0 saturated carbocycles. The number of fused-ring (bicyclic) bond motifs is 1. The summed E-state index contributed by atoms with van der Waals surface area (Å²) in [7, 11) is -2.36. The summed E-state index contributed by atoms with van der Waals surface area (Å²) in [5, 5.41) is 0. The van der Waals surface area contributed by atoms with Gasteiger partial charge in [-0.2, -0.15) is 0 Å². The molecule has 0 amide bonds. The highest BCUT2D eigenvalue weighted by Crippen LogP contribution is 2.27. The van der Waals surface area contributed by atoms with Crippen molar-refractivity contribution in [1.82, 2.24) is 9.38 Å². The second kappa shape index (κ2) is 8.23. The van der Waals surface area contributed by atoms with Crippen LogP contribution in [0.1, 0.15) is 11.3 Å². The standard InChI is InChI=1S/C23H21N3O4S/c1-17-12-13-25-22(14-17)24-18(15-23(25)27)16-26(19-8-10-20(30-2)11-9-19)31(28,29)21-6-4-3-5-7-21/h3-15H,16H2,1-2H3. The highest BCUT2D eigenvalue weighted by atomic mass is 32.2. The zero-order valence-corrected chi connectivity index (χ0v) is 17.9. The highest BCUT2D eigenvalue weighted by molar-refractivity contribution is 7.92. The molecular weight excluding hydrogens is 414 g/mol. The molecule has 7 nitrogen and oxygen atoms in total. The zero-order chi connectivity index (χ0) is 22.0. The number of anilines is 1. The van der Waals surface area contributed by atoms with Gasteiger partial charge in [-0.25, -0.2) is 13.4 Å². The van der Waals surface area contributed by atoms with Crippen molar-refractivity contribution < 1.29 is 13.2 Å². The average molecular weight is 436 g/mol. The molecule has 0 fully saturated rings. The number of rotatable bonds is 6. The minimum absolute atomic E-state index is 0.0940. The predicted octanol–water partition coefficient (Wildman–Crippen LogP) is 3.41. The molecule has 4 rings (SSSR count). The third-order valence-electron chi connectivity index (χ3n) is 4.87. The number of ether oxygens (including phenoxy) is 1. The Balaban J connectivity index is 1.83. The van der Waals surface area contributed by atoms with Gasteiger partial charge in [0.25, 0.3) is 15.6 Å². The van der Waals surface area contributed by atoms with Gasteiger partial charge in [0.05, 0.1) is 29.9 Å². The molecule has 31 heavy (non-hydrogen) atoms. The second-order valence-corrected chi connectivity index (χ2v) is 8.90. The molecule has 0 unspecified atom stereocenters. The Morgan fingerprint density at radius 1 is 1.00 bits per heavy atom. The maximum Gasteiger partial charge on any atom is 0.264 e. The lowest BCUT2D eigenvalue weighted by atomic mass is 10.2. The van der Waals surface area contributed by atoms with Crippen molar-refractivity contribution in [2.24, 2.45) is 0 Å². The van der Waals surface area contributed by atoms with Crippen molar-refractivity contribution >= 4 is 21.4 Å². The topological polar surface area (TPSA) is 81.0 Å². The van der Waals surface area contributed by atoms with Crippen LogP contribution in [0.15, 0.2) is 88.7 Å². The highest BCUT2D eigenvalue weighted by Gasteiger charge is 2.26. The fourth-order valence-electron chi connectivity index (χ4n) is 3.27. The van der Waals surface area contributed by atoms with Crippen LogP contribution in [-0.4, -0.2) is 24.9 Å². The number of hydrogen-bond donors (Lipinski definition) is 0. The van der Waals surface area contributed by atoms with E-state index in [1.54, 1.807) is 61.8 Å². The van der Waals surface area contributed by atoms with E-state index in [0.717, 1.165) is 5.56 Å². The van der Waals surface area contributed by atoms with Gasteiger partial charge in [-0.3, -0.25) is 13.5 Å². The van der Waals surface area contributed by atoms with Crippen LogP contribution in [0.4, 0.5) is 5.69 Å². The molecule has 0 N–H and O–H groups in total. The molecule has 0 saturated heterocycles. The van der Waals surface area contributed by atoms with E-state index in [-0.39, 0.29) is 17.0 Å². The van der Waals surface area contributed by atoms with Crippen molar-refractivity contribution in [3.63, 3.8) is 0 Å². The lowest BCUT2D eigenvalue weighted by Gasteiger charge is -2.24. The van der Waals surface area contributed by atoms with E-state index in [2.05, 4.69) is 4.98 Å². The van der Waals surface area contributed by atoms with E-state index in [9.17, 15) is 13.2 Å². The molecule has 8 heteroatoms. The van der Waals surface area contributed by atoms with E-state index in [0.29, 0.717) is 22.8 Å². The van der Waals surface area contributed by atoms with Crippen molar-refractivity contribution in [2.75, 3.05) is 11.4 Å². The van der Waals surface area contributed by atoms with E-state index in [1.165, 1.54) is 26.9 Å². The van der Waals surface area contributed by atoms with Crippen LogP contribution in [0.25, 0.3) is 5.65 Å². The first kappa shape index (κ1) is 20.6. The summed E-state index contributed by atoms with van der Waals surface area (Å²) in [4.78, 5) is 17.3. The van der Waals surface area contributed by atoms with Gasteiger partial charge in [0.15, 0.2) is 0 Å². The van der Waals surface area contributed by atoms with Gasteiger partial charge in [0.2, 0.25) is 0 Å². The van der Waals surface area contributed by atoms with E-state index in [1.807, 2.05) is 13.0 Å². The zero-order valence-electron chi connectivity index (χ0n) is 17.1. The Bertz CT molecular complexity index is 1380. The molecule has 158 valence electrons. The summed E-state index contributed by atoms with van der Waals surface area (Å²) >= 11 is 0. The number of aromatic nitrogens is 2. The lowest BCUT2D eigenvalue weighted by Crippen LogP contribution is -2.31. The first-order chi connectivity index (χ1) is 14.9. The van der Waals surface area contributed by atoms with Gasteiger partial charge in [0.1, 0.15) is 11.4 Å². The van der Waals surface area contributed by atoms with Crippen molar-refractivity contribution in [1.29, 1.82) is 0 Å². The van der Waals surface area contributed by atoms with Crippen molar-refractivity contribution in [3.05, 3.63) is 101 Å². The minimum atomic E-state index is -3.90. The SMILES string of the molecule is COc1ccc(N(Cc2cc(=O)n3ccc(C)cc3n2)S(=O)(=O)c2ccccc2)cc1. The second-order valence-electron chi connectivity index (χ2n) is 7.04. The van der Waals surface area contributed by atoms with E-state index < -0.39 is 10.0 Å². The Kier molecular flexibility index (Phi) is 5.48. The molecule has 4 aromatic rings. The number of aryl methyl sites for hydroxylation is 1. The van der Waals surface area contributed by atoms with Crippen LogP contribution < -0.4 is 14.6 Å². The summed E-state index contributed by atoms with van der Waals surface area (Å²) in [6, 6.07) is 19.8. The molecule has 2 aromatic heterocycles. The number of pyridine rings is 1. The number of methoxy groups -OCH3 is 1. The first-order valence-corrected chi connectivity index (χ1v) is 11.0. The largest absolute Gasteiger partial charge is 0.497 e. The maximum absolute atomic E-state index is 13.5. The molecule has 0 aliphatic carbocycles. The number of benzene rings is 2. The summed E-state index contributed by atoms with van der Waals surface area (Å²) in [6.45, 7) is 1.81. The fourth-order valence-corrected chi connectivity index (χ4v) is 4.72. The molecule has 0 bridgehead atoms. The molecular formula is C23H21N3O4S. The lowest BCUT2D eigenvalue weighted by molar-refractivity contribution is 0.415. The molecule has 0 aliphatic rings. The Labute approximate surface area is 180 Å². The molecule has 2 heterocycles. The van der Waals surface area contributed by atoms with E-state index in [4.69, 9.17) is 4.74 Å². The first-order valence-electron chi connectivity index (χ1n) is 9.59. The normalized spacial score (nSPS) is 11.4. The fraction of sp³-hybridized carbons (Fsp3) is 0.130. The minimum Gasteiger partial charge on any atom is -0.497 e.